The monoisotopic (exact) mass is 591 g/mol. The van der Waals surface area contributed by atoms with E-state index in [4.69, 9.17) is 21.1 Å². The van der Waals surface area contributed by atoms with Gasteiger partial charge >= 0.3 is 12.2 Å². The summed E-state index contributed by atoms with van der Waals surface area (Å²) in [7, 11) is 0. The number of fused-ring (bicyclic) bond motifs is 3. The van der Waals surface area contributed by atoms with Crippen LogP contribution in [0, 0.1) is 0 Å². The molecule has 0 bridgehead atoms. The first-order valence-corrected chi connectivity index (χ1v) is 14.6. The van der Waals surface area contributed by atoms with Crippen molar-refractivity contribution >= 4 is 29.7 Å². The molecule has 42 heavy (non-hydrogen) atoms. The second-order valence-electron chi connectivity index (χ2n) is 11.3. The molecule has 3 amide bonds. The standard InChI is InChI=1S/C33H38ClN3O5/c1-33(2,3)42-31(39)35-19-9-8-14-29(30(38)36-20-22-15-17-23(34)18-16-22)37-32(40)41-21-28-26-12-6-4-10-24(26)25-11-5-7-13-27(25)28/h4-7,10-13,15-18,28-29H,8-9,14,19-21H2,1-3H3,(H,35,39)(H,36,38)(H,37,40). The van der Waals surface area contributed by atoms with Crippen molar-refractivity contribution in [1.82, 2.24) is 16.0 Å². The van der Waals surface area contributed by atoms with Crippen LogP contribution in [0.2, 0.25) is 5.02 Å². The number of unbranched alkanes of at least 4 members (excludes halogenated alkanes) is 1. The molecule has 8 nitrogen and oxygen atoms in total. The van der Waals surface area contributed by atoms with Crippen LogP contribution >= 0.6 is 11.6 Å². The number of ether oxygens (including phenoxy) is 2. The lowest BCUT2D eigenvalue weighted by atomic mass is 9.98. The first kappa shape index (κ1) is 30.9. The molecule has 1 unspecified atom stereocenters. The van der Waals surface area contributed by atoms with E-state index in [2.05, 4.69) is 40.2 Å². The van der Waals surface area contributed by atoms with Gasteiger partial charge in [0.1, 0.15) is 18.2 Å². The predicted molar refractivity (Wildman–Crippen MR) is 163 cm³/mol. The minimum atomic E-state index is -0.811. The van der Waals surface area contributed by atoms with Crippen molar-refractivity contribution in [2.75, 3.05) is 13.2 Å². The van der Waals surface area contributed by atoms with E-state index in [9.17, 15) is 14.4 Å². The number of hydrogen-bond acceptors (Lipinski definition) is 5. The summed E-state index contributed by atoms with van der Waals surface area (Å²) in [5.41, 5.74) is 4.81. The van der Waals surface area contributed by atoms with Gasteiger partial charge in [0, 0.05) is 24.0 Å². The molecule has 222 valence electrons. The summed E-state index contributed by atoms with van der Waals surface area (Å²) in [6.07, 6.45) is 0.407. The first-order valence-electron chi connectivity index (χ1n) is 14.2. The van der Waals surface area contributed by atoms with Crippen molar-refractivity contribution in [1.29, 1.82) is 0 Å². The summed E-state index contributed by atoms with van der Waals surface area (Å²) in [5, 5.41) is 8.98. The van der Waals surface area contributed by atoms with Crippen LogP contribution in [0.4, 0.5) is 9.59 Å². The fourth-order valence-electron chi connectivity index (χ4n) is 4.94. The van der Waals surface area contributed by atoms with Crippen LogP contribution in [0.1, 0.15) is 62.6 Å². The van der Waals surface area contributed by atoms with Gasteiger partial charge in [-0.1, -0.05) is 72.3 Å². The van der Waals surface area contributed by atoms with E-state index >= 15 is 0 Å². The average Bonchev–Trinajstić information content (AvgIpc) is 3.27. The summed E-state index contributed by atoms with van der Waals surface area (Å²) < 4.78 is 10.9. The molecule has 1 atom stereocenters. The minimum absolute atomic E-state index is 0.0840. The molecular weight excluding hydrogens is 554 g/mol. The fraction of sp³-hybridized carbons (Fsp3) is 0.364. The summed E-state index contributed by atoms with van der Waals surface area (Å²) in [4.78, 5) is 38.0. The van der Waals surface area contributed by atoms with Gasteiger partial charge in [-0.15, -0.1) is 0 Å². The Morgan fingerprint density at radius 1 is 0.833 bits per heavy atom. The lowest BCUT2D eigenvalue weighted by molar-refractivity contribution is -0.123. The van der Waals surface area contributed by atoms with E-state index in [1.165, 1.54) is 0 Å². The molecule has 9 heteroatoms. The molecule has 0 fully saturated rings. The van der Waals surface area contributed by atoms with Gasteiger partial charge in [0.2, 0.25) is 5.91 Å². The quantitative estimate of drug-likeness (QED) is 0.219. The SMILES string of the molecule is CC(C)(C)OC(=O)NCCCCC(NC(=O)OCC1c2ccccc2-c2ccccc21)C(=O)NCc1ccc(Cl)cc1. The van der Waals surface area contributed by atoms with Crippen LogP contribution in [-0.2, 0) is 20.8 Å². The average molecular weight is 592 g/mol. The Kier molecular flexibility index (Phi) is 10.5. The van der Waals surface area contributed by atoms with Crippen LogP contribution in [0.5, 0.6) is 0 Å². The molecule has 0 saturated heterocycles. The molecule has 0 saturated carbocycles. The number of rotatable bonds is 11. The zero-order valence-electron chi connectivity index (χ0n) is 24.2. The Bertz CT molecular complexity index is 1340. The first-order chi connectivity index (χ1) is 20.1. The number of nitrogens with one attached hydrogen (secondary N) is 3. The number of carbonyl (C=O) groups is 3. The Hall–Kier alpha value is -4.04. The summed E-state index contributed by atoms with van der Waals surface area (Å²) in [6, 6.07) is 22.6. The zero-order chi connectivity index (χ0) is 30.1. The topological polar surface area (TPSA) is 106 Å². The highest BCUT2D eigenvalue weighted by Gasteiger charge is 2.30. The molecule has 0 aromatic heterocycles. The highest BCUT2D eigenvalue weighted by molar-refractivity contribution is 6.30. The van der Waals surface area contributed by atoms with Gasteiger partial charge < -0.3 is 25.4 Å². The van der Waals surface area contributed by atoms with Crippen molar-refractivity contribution in [3.8, 4) is 11.1 Å². The van der Waals surface area contributed by atoms with Crippen molar-refractivity contribution in [2.45, 2.75) is 64.1 Å². The van der Waals surface area contributed by atoms with Crippen molar-refractivity contribution in [3.63, 3.8) is 0 Å². The van der Waals surface area contributed by atoms with E-state index in [-0.39, 0.29) is 18.4 Å². The third kappa shape index (κ3) is 8.73. The lowest BCUT2D eigenvalue weighted by Crippen LogP contribution is -2.47. The van der Waals surface area contributed by atoms with Crippen LogP contribution in [0.3, 0.4) is 0 Å². The van der Waals surface area contributed by atoms with E-state index in [0.29, 0.717) is 37.4 Å². The maximum Gasteiger partial charge on any atom is 0.407 e. The lowest BCUT2D eigenvalue weighted by Gasteiger charge is -2.21. The van der Waals surface area contributed by atoms with E-state index < -0.39 is 23.8 Å². The molecule has 0 aliphatic heterocycles. The van der Waals surface area contributed by atoms with Crippen LogP contribution in [0.25, 0.3) is 11.1 Å². The molecule has 4 rings (SSSR count). The van der Waals surface area contributed by atoms with Crippen LogP contribution in [-0.4, -0.2) is 42.9 Å². The van der Waals surface area contributed by atoms with Crippen LogP contribution in [0.15, 0.2) is 72.8 Å². The van der Waals surface area contributed by atoms with Gasteiger partial charge in [-0.05, 0) is 80.0 Å². The number of carbonyl (C=O) groups excluding carboxylic acids is 3. The molecule has 3 N–H and O–H groups in total. The maximum atomic E-state index is 13.1. The normalized spacial score (nSPS) is 13.0. The van der Waals surface area contributed by atoms with Gasteiger partial charge in [-0.2, -0.15) is 0 Å². The molecule has 0 spiro atoms. The summed E-state index contributed by atoms with van der Waals surface area (Å²) >= 11 is 5.97. The number of benzene rings is 3. The van der Waals surface area contributed by atoms with E-state index in [0.717, 1.165) is 27.8 Å². The van der Waals surface area contributed by atoms with Crippen LogP contribution < -0.4 is 16.0 Å². The largest absolute Gasteiger partial charge is 0.449 e. The second-order valence-corrected chi connectivity index (χ2v) is 11.7. The van der Waals surface area contributed by atoms with Gasteiger partial charge in [-0.3, -0.25) is 4.79 Å². The Morgan fingerprint density at radius 3 is 2.07 bits per heavy atom. The number of amides is 3. The fourth-order valence-corrected chi connectivity index (χ4v) is 5.07. The van der Waals surface area contributed by atoms with Gasteiger partial charge in [-0.25, -0.2) is 9.59 Å². The van der Waals surface area contributed by atoms with E-state index in [1.54, 1.807) is 32.9 Å². The molecule has 3 aromatic rings. The smallest absolute Gasteiger partial charge is 0.407 e. The van der Waals surface area contributed by atoms with Gasteiger partial charge in [0.05, 0.1) is 0 Å². The van der Waals surface area contributed by atoms with Crippen molar-refractivity contribution < 1.29 is 23.9 Å². The molecule has 1 aliphatic rings. The van der Waals surface area contributed by atoms with E-state index in [1.807, 2.05) is 36.4 Å². The summed E-state index contributed by atoms with van der Waals surface area (Å²) in [5.74, 6) is -0.405. The van der Waals surface area contributed by atoms with Gasteiger partial charge in [0.15, 0.2) is 0 Å². The number of hydrogen-bond donors (Lipinski definition) is 3. The molecule has 0 radical (unpaired) electrons. The Balaban J connectivity index is 1.33. The molecule has 1 aliphatic carbocycles. The van der Waals surface area contributed by atoms with Crippen molar-refractivity contribution in [2.24, 2.45) is 0 Å². The third-order valence-corrected chi connectivity index (χ3v) is 7.17. The molecular formula is C33H38ClN3O5. The summed E-state index contributed by atoms with van der Waals surface area (Å²) in [6.45, 7) is 6.23. The van der Waals surface area contributed by atoms with Crippen molar-refractivity contribution in [3.05, 3.63) is 94.5 Å². The Morgan fingerprint density at radius 2 is 1.45 bits per heavy atom. The highest BCUT2D eigenvalue weighted by Crippen LogP contribution is 2.44. The maximum absolute atomic E-state index is 13.1. The van der Waals surface area contributed by atoms with Gasteiger partial charge in [0.25, 0.3) is 0 Å². The third-order valence-electron chi connectivity index (χ3n) is 6.92. The zero-order valence-corrected chi connectivity index (χ0v) is 25.0. The number of alkyl carbamates (subject to hydrolysis) is 2. The minimum Gasteiger partial charge on any atom is -0.449 e. The Labute approximate surface area is 252 Å². The second kappa shape index (κ2) is 14.2. The predicted octanol–water partition coefficient (Wildman–Crippen LogP) is 6.56. The number of halogens is 1. The highest BCUT2D eigenvalue weighted by atomic mass is 35.5. The molecule has 0 heterocycles. The molecule has 3 aromatic carbocycles.